The molecule has 0 radical (unpaired) electrons. The predicted molar refractivity (Wildman–Crippen MR) is 109 cm³/mol. The molecule has 1 aromatic heterocycles. The summed E-state index contributed by atoms with van der Waals surface area (Å²) in [5.74, 6) is -1.20. The maximum Gasteiger partial charge on any atom is 0.348 e. The van der Waals surface area contributed by atoms with E-state index in [9.17, 15) is 19.7 Å². The summed E-state index contributed by atoms with van der Waals surface area (Å²) in [7, 11) is 2.48. The molecule has 2 rings (SSSR count). The van der Waals surface area contributed by atoms with Crippen LogP contribution in [0.4, 0.5) is 16.4 Å². The Labute approximate surface area is 169 Å². The monoisotopic (exact) mass is 423 g/mol. The normalized spacial score (nSPS) is 10.1. The molecule has 0 fully saturated rings. The van der Waals surface area contributed by atoms with Crippen molar-refractivity contribution in [3.8, 4) is 0 Å². The second-order valence-electron chi connectivity index (χ2n) is 5.58. The van der Waals surface area contributed by atoms with Gasteiger partial charge in [0.05, 0.1) is 24.7 Å². The summed E-state index contributed by atoms with van der Waals surface area (Å²) < 4.78 is 9.52. The van der Waals surface area contributed by atoms with E-state index in [1.165, 1.54) is 32.4 Å². The Kier molecular flexibility index (Phi) is 6.65. The Balaban J connectivity index is 2.29. The highest BCUT2D eigenvalue weighted by atomic mass is 32.1. The maximum absolute atomic E-state index is 12.1. The van der Waals surface area contributed by atoms with E-state index in [0.717, 1.165) is 11.3 Å². The van der Waals surface area contributed by atoms with Crippen LogP contribution in [0.25, 0.3) is 0 Å². The van der Waals surface area contributed by atoms with Crippen LogP contribution in [-0.2, 0) is 9.47 Å². The number of methoxy groups -OCH3 is 2. The van der Waals surface area contributed by atoms with E-state index in [2.05, 4.69) is 10.6 Å². The molecule has 0 aliphatic rings. The largest absolute Gasteiger partial charge is 0.465 e. The highest BCUT2D eigenvalue weighted by Gasteiger charge is 2.26. The van der Waals surface area contributed by atoms with Gasteiger partial charge in [0, 0.05) is 17.8 Å². The topological polar surface area (TPSA) is 120 Å². The van der Waals surface area contributed by atoms with Gasteiger partial charge in [-0.15, -0.1) is 11.3 Å². The average Bonchev–Trinajstić information content (AvgIpc) is 2.97. The highest BCUT2D eigenvalue weighted by Crippen LogP contribution is 2.34. The number of rotatable bonds is 5. The number of anilines is 2. The summed E-state index contributed by atoms with van der Waals surface area (Å²) in [5.41, 5.74) is 1.73. The molecule has 0 aliphatic carbocycles. The zero-order valence-corrected chi connectivity index (χ0v) is 17.1. The number of nitrogens with one attached hydrogen (secondary N) is 2. The van der Waals surface area contributed by atoms with Gasteiger partial charge in [0.25, 0.3) is 5.69 Å². The number of nitro groups is 1. The Morgan fingerprint density at radius 1 is 1.14 bits per heavy atom. The minimum absolute atomic E-state index is 0.0356. The van der Waals surface area contributed by atoms with E-state index in [1.807, 2.05) is 0 Å². The molecule has 11 heteroatoms. The van der Waals surface area contributed by atoms with Gasteiger partial charge in [0.2, 0.25) is 0 Å². The third kappa shape index (κ3) is 4.43. The van der Waals surface area contributed by atoms with Crippen molar-refractivity contribution in [2.24, 2.45) is 0 Å². The van der Waals surface area contributed by atoms with Crippen LogP contribution in [0.2, 0.25) is 0 Å². The van der Waals surface area contributed by atoms with Crippen LogP contribution in [-0.4, -0.2) is 36.2 Å². The second kappa shape index (κ2) is 8.76. The molecule has 9 nitrogen and oxygen atoms in total. The van der Waals surface area contributed by atoms with Crippen molar-refractivity contribution >= 4 is 57.0 Å². The summed E-state index contributed by atoms with van der Waals surface area (Å²) in [4.78, 5) is 34.7. The summed E-state index contributed by atoms with van der Waals surface area (Å²) in [6, 6.07) is 4.29. The van der Waals surface area contributed by atoms with Crippen molar-refractivity contribution in [2.75, 3.05) is 24.9 Å². The average molecular weight is 423 g/mol. The molecule has 2 aromatic rings. The number of thiophene rings is 1. The number of non-ortho nitro benzene ring substituents is 1. The zero-order valence-electron chi connectivity index (χ0n) is 15.4. The Morgan fingerprint density at radius 2 is 1.79 bits per heavy atom. The van der Waals surface area contributed by atoms with E-state index in [0.29, 0.717) is 21.8 Å². The fraction of sp³-hybridized carbons (Fsp3) is 0.235. The molecule has 28 heavy (non-hydrogen) atoms. The summed E-state index contributed by atoms with van der Waals surface area (Å²) in [6.45, 7) is 3.31. The lowest BCUT2D eigenvalue weighted by molar-refractivity contribution is -0.384. The van der Waals surface area contributed by atoms with Gasteiger partial charge in [-0.2, -0.15) is 0 Å². The molecule has 0 bridgehead atoms. The Morgan fingerprint density at radius 3 is 2.32 bits per heavy atom. The van der Waals surface area contributed by atoms with Crippen LogP contribution >= 0.6 is 23.6 Å². The minimum Gasteiger partial charge on any atom is -0.465 e. The zero-order chi connectivity index (χ0) is 21.0. The van der Waals surface area contributed by atoms with Gasteiger partial charge >= 0.3 is 11.9 Å². The van der Waals surface area contributed by atoms with Crippen LogP contribution in [0.3, 0.4) is 0 Å². The molecule has 1 aromatic carbocycles. The van der Waals surface area contributed by atoms with Crippen LogP contribution in [0.5, 0.6) is 0 Å². The van der Waals surface area contributed by atoms with Gasteiger partial charge in [0.15, 0.2) is 5.11 Å². The molecule has 0 spiro atoms. The summed E-state index contributed by atoms with van der Waals surface area (Å²) >= 11 is 6.28. The minimum atomic E-state index is -0.624. The van der Waals surface area contributed by atoms with E-state index in [1.54, 1.807) is 13.8 Å². The third-order valence-corrected chi connectivity index (χ3v) is 5.19. The lowest BCUT2D eigenvalue weighted by Crippen LogP contribution is -2.20. The van der Waals surface area contributed by atoms with Gasteiger partial charge < -0.3 is 20.1 Å². The summed E-state index contributed by atoms with van der Waals surface area (Å²) in [6.07, 6.45) is 0. The quantitative estimate of drug-likeness (QED) is 0.321. The molecular weight excluding hydrogens is 406 g/mol. The molecule has 148 valence electrons. The number of esters is 2. The van der Waals surface area contributed by atoms with E-state index in [-0.39, 0.29) is 21.2 Å². The number of thiocarbonyl (C=S) groups is 1. The number of hydrogen-bond donors (Lipinski definition) is 2. The van der Waals surface area contributed by atoms with Gasteiger partial charge in [-0.25, -0.2) is 9.59 Å². The van der Waals surface area contributed by atoms with E-state index >= 15 is 0 Å². The molecule has 0 unspecified atom stereocenters. The second-order valence-corrected chi connectivity index (χ2v) is 7.01. The molecule has 0 atom stereocenters. The first-order chi connectivity index (χ1) is 13.2. The van der Waals surface area contributed by atoms with Crippen molar-refractivity contribution < 1.29 is 24.0 Å². The molecule has 1 heterocycles. The smallest absolute Gasteiger partial charge is 0.348 e. The number of carbonyl (C=O) groups excluding carboxylic acids is 2. The number of nitrogens with zero attached hydrogens (tertiary/aromatic N) is 1. The van der Waals surface area contributed by atoms with Gasteiger partial charge in [0.1, 0.15) is 9.88 Å². The fourth-order valence-corrected chi connectivity index (χ4v) is 3.79. The first-order valence-electron chi connectivity index (χ1n) is 7.82. The third-order valence-electron chi connectivity index (χ3n) is 3.80. The standard InChI is InChI=1S/C17H17N3O6S2/c1-8-7-10(20(23)24)5-6-11(8)18-17(27)19-14-12(15(21)25-3)9(2)13(28-14)16(22)26-4/h5-7H,1-4H3,(H2,18,19,27). The van der Waals surface area contributed by atoms with Gasteiger partial charge in [-0.3, -0.25) is 10.1 Å². The maximum atomic E-state index is 12.1. The highest BCUT2D eigenvalue weighted by molar-refractivity contribution is 7.80. The predicted octanol–water partition coefficient (Wildman–Crippen LogP) is 3.66. The van der Waals surface area contributed by atoms with Crippen molar-refractivity contribution in [1.29, 1.82) is 0 Å². The molecular formula is C17H17N3O6S2. The van der Waals surface area contributed by atoms with E-state index < -0.39 is 16.9 Å². The van der Waals surface area contributed by atoms with Crippen molar-refractivity contribution in [3.05, 3.63) is 49.9 Å². The van der Waals surface area contributed by atoms with Crippen molar-refractivity contribution in [1.82, 2.24) is 0 Å². The first kappa shape index (κ1) is 21.3. The van der Waals surface area contributed by atoms with Crippen molar-refractivity contribution in [2.45, 2.75) is 13.8 Å². The van der Waals surface area contributed by atoms with Crippen LogP contribution < -0.4 is 10.6 Å². The lowest BCUT2D eigenvalue weighted by Gasteiger charge is -2.12. The molecule has 0 amide bonds. The number of nitro benzene ring substituents is 1. The number of hydrogen-bond acceptors (Lipinski definition) is 8. The Bertz CT molecular complexity index is 970. The Hall–Kier alpha value is -3.05. The SMILES string of the molecule is COC(=O)c1sc(NC(=S)Nc2ccc([N+](=O)[O-])cc2C)c(C(=O)OC)c1C. The number of carbonyl (C=O) groups is 2. The van der Waals surface area contributed by atoms with Gasteiger partial charge in [-0.1, -0.05) is 0 Å². The van der Waals surface area contributed by atoms with Crippen LogP contribution in [0.15, 0.2) is 18.2 Å². The molecule has 0 saturated carbocycles. The van der Waals surface area contributed by atoms with Crippen LogP contribution in [0.1, 0.15) is 31.2 Å². The summed E-state index contributed by atoms with van der Waals surface area (Å²) in [5, 5.41) is 17.1. The lowest BCUT2D eigenvalue weighted by atomic mass is 10.1. The van der Waals surface area contributed by atoms with Gasteiger partial charge in [-0.05, 0) is 43.3 Å². The first-order valence-corrected chi connectivity index (χ1v) is 9.05. The number of benzene rings is 1. The van der Waals surface area contributed by atoms with Crippen LogP contribution in [0, 0.1) is 24.0 Å². The van der Waals surface area contributed by atoms with E-state index in [4.69, 9.17) is 21.7 Å². The van der Waals surface area contributed by atoms with Crippen molar-refractivity contribution in [3.63, 3.8) is 0 Å². The fourth-order valence-electron chi connectivity index (χ4n) is 2.40. The number of aryl methyl sites for hydroxylation is 1. The molecule has 2 N–H and O–H groups in total. The number of ether oxygens (including phenoxy) is 2. The molecule has 0 aliphatic heterocycles. The molecule has 0 saturated heterocycles.